The summed E-state index contributed by atoms with van der Waals surface area (Å²) in [6.07, 6.45) is 0. The zero-order valence-electron chi connectivity index (χ0n) is 14.1. The number of ether oxygens (including phenoxy) is 1. The summed E-state index contributed by atoms with van der Waals surface area (Å²) in [6, 6.07) is 11.7. The number of amides is 1. The lowest BCUT2D eigenvalue weighted by molar-refractivity contribution is 0.0956. The average Bonchev–Trinajstić information content (AvgIpc) is 3.27. The summed E-state index contributed by atoms with van der Waals surface area (Å²) in [7, 11) is 0. The van der Waals surface area contributed by atoms with E-state index in [-0.39, 0.29) is 5.91 Å². The molecule has 4 aromatic rings. The van der Waals surface area contributed by atoms with Crippen molar-refractivity contribution in [2.45, 2.75) is 13.5 Å². The fourth-order valence-corrected chi connectivity index (χ4v) is 4.41. The molecule has 0 radical (unpaired) electrons. The van der Waals surface area contributed by atoms with Crippen LogP contribution >= 0.6 is 22.7 Å². The number of carbonyl (C=O) groups excluding carboxylic acids is 1. The number of nitrogens with two attached hydrogens (primary N) is 1. The molecule has 26 heavy (non-hydrogen) atoms. The van der Waals surface area contributed by atoms with Crippen LogP contribution in [0.1, 0.15) is 21.5 Å². The number of fused-ring (bicyclic) bond motifs is 2. The summed E-state index contributed by atoms with van der Waals surface area (Å²) in [5.74, 6) is 0.627. The Balaban J connectivity index is 1.68. The van der Waals surface area contributed by atoms with Crippen molar-refractivity contribution >= 4 is 55.4 Å². The smallest absolute Gasteiger partial charge is 0.263 e. The van der Waals surface area contributed by atoms with Gasteiger partial charge in [0.25, 0.3) is 5.91 Å². The van der Waals surface area contributed by atoms with Crippen molar-refractivity contribution in [3.63, 3.8) is 0 Å². The molecule has 0 aliphatic carbocycles. The highest BCUT2D eigenvalue weighted by molar-refractivity contribution is 7.21. The van der Waals surface area contributed by atoms with Crippen LogP contribution in [0, 0.1) is 0 Å². The molecule has 132 valence electrons. The maximum absolute atomic E-state index is 12.5. The molecular weight excluding hydrogens is 366 g/mol. The second kappa shape index (κ2) is 6.93. The van der Waals surface area contributed by atoms with Gasteiger partial charge in [-0.1, -0.05) is 6.07 Å². The molecule has 0 aliphatic rings. The summed E-state index contributed by atoms with van der Waals surface area (Å²) in [6.45, 7) is 3.05. The molecule has 0 unspecified atom stereocenters. The van der Waals surface area contributed by atoms with E-state index in [9.17, 15) is 4.79 Å². The molecule has 0 bridgehead atoms. The molecule has 0 atom stereocenters. The van der Waals surface area contributed by atoms with Crippen molar-refractivity contribution in [3.05, 3.63) is 51.5 Å². The largest absolute Gasteiger partial charge is 0.494 e. The first-order valence-corrected chi connectivity index (χ1v) is 9.91. The van der Waals surface area contributed by atoms with E-state index in [2.05, 4.69) is 10.3 Å². The first kappa shape index (κ1) is 16.8. The number of pyridine rings is 1. The molecule has 1 amide bonds. The van der Waals surface area contributed by atoms with Gasteiger partial charge in [-0.25, -0.2) is 4.98 Å². The number of rotatable bonds is 5. The van der Waals surface area contributed by atoms with Crippen molar-refractivity contribution in [1.82, 2.24) is 10.3 Å². The molecule has 5 nitrogen and oxygen atoms in total. The molecule has 3 N–H and O–H groups in total. The van der Waals surface area contributed by atoms with Crippen LogP contribution in [0.5, 0.6) is 5.75 Å². The number of aromatic nitrogens is 1. The monoisotopic (exact) mass is 383 g/mol. The molecule has 4 rings (SSSR count). The number of nitrogen functional groups attached to an aromatic ring is 1. The van der Waals surface area contributed by atoms with Crippen LogP contribution in [0.15, 0.2) is 41.8 Å². The number of hydrogen-bond acceptors (Lipinski definition) is 6. The van der Waals surface area contributed by atoms with Gasteiger partial charge >= 0.3 is 0 Å². The Morgan fingerprint density at radius 3 is 2.96 bits per heavy atom. The number of nitrogens with zero attached hydrogens (tertiary/aromatic N) is 1. The Morgan fingerprint density at radius 1 is 1.31 bits per heavy atom. The van der Waals surface area contributed by atoms with E-state index in [4.69, 9.17) is 10.5 Å². The van der Waals surface area contributed by atoms with Crippen molar-refractivity contribution in [2.24, 2.45) is 0 Å². The molecule has 3 aromatic heterocycles. The molecule has 0 saturated carbocycles. The minimum Gasteiger partial charge on any atom is -0.494 e. The predicted molar refractivity (Wildman–Crippen MR) is 108 cm³/mol. The Kier molecular flexibility index (Phi) is 4.48. The Labute approximate surface area is 158 Å². The number of carbonyl (C=O) groups is 1. The highest BCUT2D eigenvalue weighted by Gasteiger charge is 2.18. The van der Waals surface area contributed by atoms with Crippen LogP contribution in [-0.2, 0) is 6.54 Å². The lowest BCUT2D eigenvalue weighted by atomic mass is 10.1. The van der Waals surface area contributed by atoms with Crippen LogP contribution < -0.4 is 15.8 Å². The Morgan fingerprint density at radius 2 is 2.19 bits per heavy atom. The number of benzene rings is 1. The van der Waals surface area contributed by atoms with Crippen molar-refractivity contribution in [1.29, 1.82) is 0 Å². The summed E-state index contributed by atoms with van der Waals surface area (Å²) in [4.78, 5) is 19.6. The van der Waals surface area contributed by atoms with E-state index in [0.717, 1.165) is 31.7 Å². The van der Waals surface area contributed by atoms with Crippen LogP contribution in [0.25, 0.3) is 21.1 Å². The van der Waals surface area contributed by atoms with Gasteiger partial charge in [0, 0.05) is 15.6 Å². The molecule has 7 heteroatoms. The molecule has 3 heterocycles. The van der Waals surface area contributed by atoms with Crippen molar-refractivity contribution in [3.8, 4) is 5.75 Å². The second-order valence-electron chi connectivity index (χ2n) is 5.74. The number of anilines is 1. The summed E-state index contributed by atoms with van der Waals surface area (Å²) >= 11 is 2.93. The lowest BCUT2D eigenvalue weighted by Crippen LogP contribution is -2.22. The number of nitrogens with one attached hydrogen (secondary N) is 1. The maximum atomic E-state index is 12.5. The minimum absolute atomic E-state index is 0.169. The normalized spacial score (nSPS) is 11.1. The van der Waals surface area contributed by atoms with Crippen LogP contribution in [0.2, 0.25) is 0 Å². The molecule has 0 spiro atoms. The molecular formula is C19H17N3O2S2. The molecule has 0 fully saturated rings. The third-order valence-corrected chi connectivity index (χ3v) is 6.00. The fraction of sp³-hybridized carbons (Fsp3) is 0.158. The molecule has 0 aliphatic heterocycles. The van der Waals surface area contributed by atoms with Crippen LogP contribution in [-0.4, -0.2) is 17.5 Å². The fourth-order valence-electron chi connectivity index (χ4n) is 2.77. The van der Waals surface area contributed by atoms with E-state index >= 15 is 0 Å². The maximum Gasteiger partial charge on any atom is 0.263 e. The van der Waals surface area contributed by atoms with Gasteiger partial charge in [0.1, 0.15) is 15.5 Å². The van der Waals surface area contributed by atoms with Gasteiger partial charge in [-0.3, -0.25) is 4.79 Å². The molecule has 0 saturated heterocycles. The van der Waals surface area contributed by atoms with Crippen LogP contribution in [0.4, 0.5) is 5.69 Å². The van der Waals surface area contributed by atoms with Gasteiger partial charge in [-0.15, -0.1) is 22.7 Å². The van der Waals surface area contributed by atoms with Gasteiger partial charge in [-0.05, 0) is 42.6 Å². The molecule has 1 aromatic carbocycles. The quantitative estimate of drug-likeness (QED) is 0.535. The van der Waals surface area contributed by atoms with Gasteiger partial charge < -0.3 is 15.8 Å². The van der Waals surface area contributed by atoms with Gasteiger partial charge in [0.05, 0.1) is 24.4 Å². The standard InChI is InChI=1S/C19H17N3O2S2/c1-2-24-12-5-6-15-11(8-12)9-14-16(20)17(26-19(14)22-15)18(23)21-10-13-4-3-7-25-13/h3-9H,2,10,20H2,1H3,(H,21,23). The van der Waals surface area contributed by atoms with E-state index in [1.165, 1.54) is 11.3 Å². The lowest BCUT2D eigenvalue weighted by Gasteiger charge is -2.04. The topological polar surface area (TPSA) is 77.2 Å². The van der Waals surface area contributed by atoms with Gasteiger partial charge in [-0.2, -0.15) is 0 Å². The van der Waals surface area contributed by atoms with E-state index < -0.39 is 0 Å². The first-order chi connectivity index (χ1) is 12.7. The van der Waals surface area contributed by atoms with E-state index in [1.807, 2.05) is 48.7 Å². The summed E-state index contributed by atoms with van der Waals surface area (Å²) in [5.41, 5.74) is 7.59. The zero-order valence-corrected chi connectivity index (χ0v) is 15.7. The third kappa shape index (κ3) is 3.11. The zero-order chi connectivity index (χ0) is 18.1. The van der Waals surface area contributed by atoms with Crippen molar-refractivity contribution < 1.29 is 9.53 Å². The van der Waals surface area contributed by atoms with E-state index in [1.54, 1.807) is 11.3 Å². The Bertz CT molecular complexity index is 1090. The Hall–Kier alpha value is -2.64. The highest BCUT2D eigenvalue weighted by Crippen LogP contribution is 2.35. The summed E-state index contributed by atoms with van der Waals surface area (Å²) < 4.78 is 5.55. The third-order valence-electron chi connectivity index (χ3n) is 4.01. The number of thiophene rings is 2. The SMILES string of the molecule is CCOc1ccc2nc3sc(C(=O)NCc4cccs4)c(N)c3cc2c1. The average molecular weight is 383 g/mol. The highest BCUT2D eigenvalue weighted by atomic mass is 32.1. The minimum atomic E-state index is -0.169. The first-order valence-electron chi connectivity index (χ1n) is 8.22. The van der Waals surface area contributed by atoms with Gasteiger partial charge in [0.2, 0.25) is 0 Å². The summed E-state index contributed by atoms with van der Waals surface area (Å²) in [5, 5.41) is 6.66. The van der Waals surface area contributed by atoms with Gasteiger partial charge in [0.15, 0.2) is 0 Å². The van der Waals surface area contributed by atoms with Crippen LogP contribution in [0.3, 0.4) is 0 Å². The predicted octanol–water partition coefficient (Wildman–Crippen LogP) is 4.42. The number of hydrogen-bond donors (Lipinski definition) is 2. The van der Waals surface area contributed by atoms with Crippen molar-refractivity contribution in [2.75, 3.05) is 12.3 Å². The second-order valence-corrected chi connectivity index (χ2v) is 7.77. The van der Waals surface area contributed by atoms with E-state index in [0.29, 0.717) is 23.7 Å².